The third-order valence-electron chi connectivity index (χ3n) is 5.28. The van der Waals surface area contributed by atoms with E-state index in [0.717, 1.165) is 5.16 Å². The van der Waals surface area contributed by atoms with Crippen LogP contribution in [0.15, 0.2) is 77.3 Å². The molecule has 3 aromatic rings. The molecule has 1 saturated heterocycles. The molecular weight excluding hydrogens is 444 g/mol. The van der Waals surface area contributed by atoms with E-state index in [1.807, 2.05) is 28.8 Å². The van der Waals surface area contributed by atoms with Crippen molar-refractivity contribution in [2.45, 2.75) is 28.8 Å². The van der Waals surface area contributed by atoms with E-state index in [1.165, 1.54) is 9.87 Å². The van der Waals surface area contributed by atoms with E-state index in [-0.39, 0.29) is 10.1 Å². The predicted molar refractivity (Wildman–Crippen MR) is 126 cm³/mol. The van der Waals surface area contributed by atoms with Crippen molar-refractivity contribution in [1.29, 1.82) is 0 Å². The highest BCUT2D eigenvalue weighted by Gasteiger charge is 2.27. The topological polar surface area (TPSA) is 77.3 Å². The molecule has 1 aliphatic heterocycles. The molecule has 1 unspecified atom stereocenters. The van der Waals surface area contributed by atoms with E-state index >= 15 is 0 Å². The minimum Gasteiger partial charge on any atom is -0.379 e. The van der Waals surface area contributed by atoms with E-state index in [4.69, 9.17) is 4.74 Å². The summed E-state index contributed by atoms with van der Waals surface area (Å²) < 4.78 is 34.9. The van der Waals surface area contributed by atoms with Crippen LogP contribution in [0.3, 0.4) is 0 Å². The zero-order valence-corrected chi connectivity index (χ0v) is 19.6. The molecule has 1 atom stereocenters. The summed E-state index contributed by atoms with van der Waals surface area (Å²) in [6.07, 6.45) is 1.79. The molecule has 168 valence electrons. The standard InChI is InChI=1S/C23H26N4O3S2/c1-3-12-27-22(24-25-23(27)31-18(2)19-8-5-4-6-9-19)20-10-7-11-21(17-20)32(28,29)26-13-15-30-16-14-26/h3-11,17-18H,1,12-16H2,2H3. The Balaban J connectivity index is 1.65. The first-order valence-electron chi connectivity index (χ1n) is 10.4. The molecule has 1 aliphatic rings. The zero-order valence-electron chi connectivity index (χ0n) is 17.9. The maximum atomic E-state index is 13.1. The summed E-state index contributed by atoms with van der Waals surface area (Å²) in [6, 6.07) is 17.1. The van der Waals surface area contributed by atoms with Gasteiger partial charge in [0.15, 0.2) is 11.0 Å². The molecule has 0 aliphatic carbocycles. The lowest BCUT2D eigenvalue weighted by molar-refractivity contribution is 0.0730. The van der Waals surface area contributed by atoms with E-state index in [9.17, 15) is 8.42 Å². The number of ether oxygens (including phenoxy) is 1. The molecule has 1 fully saturated rings. The molecule has 4 rings (SSSR count). The first-order valence-corrected chi connectivity index (χ1v) is 12.8. The lowest BCUT2D eigenvalue weighted by Crippen LogP contribution is -2.40. The molecule has 0 bridgehead atoms. The Kier molecular flexibility index (Phi) is 7.10. The van der Waals surface area contributed by atoms with Crippen LogP contribution in [0.4, 0.5) is 0 Å². The van der Waals surface area contributed by atoms with Crippen LogP contribution in [0, 0.1) is 0 Å². The number of aromatic nitrogens is 3. The summed E-state index contributed by atoms with van der Waals surface area (Å²) in [6.45, 7) is 8.05. The van der Waals surface area contributed by atoms with Crippen LogP contribution in [0.1, 0.15) is 17.7 Å². The third kappa shape index (κ3) is 4.80. The SMILES string of the molecule is C=CCn1c(SC(C)c2ccccc2)nnc1-c1cccc(S(=O)(=O)N2CCOCC2)c1. The molecule has 1 aromatic heterocycles. The fraction of sp³-hybridized carbons (Fsp3) is 0.304. The van der Waals surface area contributed by atoms with E-state index in [2.05, 4.69) is 35.8 Å². The number of nitrogens with zero attached hydrogens (tertiary/aromatic N) is 4. The van der Waals surface area contributed by atoms with Gasteiger partial charge >= 0.3 is 0 Å². The van der Waals surface area contributed by atoms with Crippen molar-refractivity contribution in [3.8, 4) is 11.4 Å². The highest BCUT2D eigenvalue weighted by Crippen LogP contribution is 2.35. The van der Waals surface area contributed by atoms with Crippen molar-refractivity contribution < 1.29 is 13.2 Å². The first kappa shape index (κ1) is 22.7. The molecule has 9 heteroatoms. The van der Waals surface area contributed by atoms with Gasteiger partial charge in [0.1, 0.15) is 0 Å². The summed E-state index contributed by atoms with van der Waals surface area (Å²) >= 11 is 1.61. The van der Waals surface area contributed by atoms with E-state index in [0.29, 0.717) is 44.2 Å². The Labute approximate surface area is 193 Å². The molecule has 0 spiro atoms. The van der Waals surface area contributed by atoms with Crippen molar-refractivity contribution in [1.82, 2.24) is 19.1 Å². The summed E-state index contributed by atoms with van der Waals surface area (Å²) in [7, 11) is -3.60. The van der Waals surface area contributed by atoms with Gasteiger partial charge in [-0.25, -0.2) is 8.42 Å². The minimum absolute atomic E-state index is 0.185. The van der Waals surface area contributed by atoms with Crippen LogP contribution < -0.4 is 0 Å². The van der Waals surface area contributed by atoms with Gasteiger partial charge in [-0.05, 0) is 24.6 Å². The normalized spacial score (nSPS) is 16.0. The smallest absolute Gasteiger partial charge is 0.243 e. The fourth-order valence-electron chi connectivity index (χ4n) is 3.57. The molecule has 0 saturated carbocycles. The number of hydrogen-bond donors (Lipinski definition) is 0. The second-order valence-corrected chi connectivity index (χ2v) is 10.7. The van der Waals surface area contributed by atoms with Crippen LogP contribution in [-0.4, -0.2) is 53.8 Å². The van der Waals surface area contributed by atoms with E-state index in [1.54, 1.807) is 36.0 Å². The number of hydrogen-bond acceptors (Lipinski definition) is 6. The number of rotatable bonds is 8. The monoisotopic (exact) mass is 470 g/mol. The molecule has 7 nitrogen and oxygen atoms in total. The Morgan fingerprint density at radius 3 is 2.59 bits per heavy atom. The highest BCUT2D eigenvalue weighted by atomic mass is 32.2. The summed E-state index contributed by atoms with van der Waals surface area (Å²) in [5.74, 6) is 0.617. The Morgan fingerprint density at radius 2 is 1.88 bits per heavy atom. The predicted octanol–water partition coefficient (Wildman–Crippen LogP) is 4.01. The van der Waals surface area contributed by atoms with Crippen molar-refractivity contribution >= 4 is 21.8 Å². The fourth-order valence-corrected chi connectivity index (χ4v) is 6.01. The highest BCUT2D eigenvalue weighted by molar-refractivity contribution is 7.99. The lowest BCUT2D eigenvalue weighted by atomic mass is 10.2. The van der Waals surface area contributed by atoms with Crippen molar-refractivity contribution in [2.75, 3.05) is 26.3 Å². The van der Waals surface area contributed by atoms with Crippen LogP contribution in [0.25, 0.3) is 11.4 Å². The van der Waals surface area contributed by atoms with Gasteiger partial charge in [-0.2, -0.15) is 4.31 Å². The summed E-state index contributed by atoms with van der Waals surface area (Å²) in [5.41, 5.74) is 1.90. The largest absolute Gasteiger partial charge is 0.379 e. The molecular formula is C23H26N4O3S2. The average Bonchev–Trinajstić information content (AvgIpc) is 3.22. The number of thioether (sulfide) groups is 1. The third-order valence-corrected chi connectivity index (χ3v) is 8.31. The summed E-state index contributed by atoms with van der Waals surface area (Å²) in [4.78, 5) is 0.247. The molecule has 0 N–H and O–H groups in total. The van der Waals surface area contributed by atoms with Crippen molar-refractivity contribution in [3.63, 3.8) is 0 Å². The second kappa shape index (κ2) is 9.99. The Morgan fingerprint density at radius 1 is 1.12 bits per heavy atom. The minimum atomic E-state index is -3.60. The summed E-state index contributed by atoms with van der Waals surface area (Å²) in [5, 5.41) is 9.76. The molecule has 32 heavy (non-hydrogen) atoms. The van der Waals surface area contributed by atoms with Gasteiger partial charge in [-0.15, -0.1) is 16.8 Å². The van der Waals surface area contributed by atoms with Gasteiger partial charge in [0, 0.05) is 30.4 Å². The van der Waals surface area contributed by atoms with E-state index < -0.39 is 10.0 Å². The van der Waals surface area contributed by atoms with Gasteiger partial charge < -0.3 is 4.74 Å². The molecule has 2 aromatic carbocycles. The molecule has 0 radical (unpaired) electrons. The maximum Gasteiger partial charge on any atom is 0.243 e. The second-order valence-electron chi connectivity index (χ2n) is 7.42. The number of benzene rings is 2. The van der Waals surface area contributed by atoms with Crippen LogP contribution in [0.2, 0.25) is 0 Å². The van der Waals surface area contributed by atoms with Crippen LogP contribution >= 0.6 is 11.8 Å². The van der Waals surface area contributed by atoms with Gasteiger partial charge in [0.05, 0.1) is 18.1 Å². The van der Waals surface area contributed by atoms with Gasteiger partial charge in [0.25, 0.3) is 0 Å². The maximum absolute atomic E-state index is 13.1. The van der Waals surface area contributed by atoms with Crippen molar-refractivity contribution in [2.24, 2.45) is 0 Å². The van der Waals surface area contributed by atoms with Gasteiger partial charge in [-0.3, -0.25) is 4.57 Å². The van der Waals surface area contributed by atoms with Crippen LogP contribution in [-0.2, 0) is 21.3 Å². The van der Waals surface area contributed by atoms with Crippen LogP contribution in [0.5, 0.6) is 0 Å². The first-order chi connectivity index (χ1) is 15.5. The number of morpholine rings is 1. The van der Waals surface area contributed by atoms with Crippen molar-refractivity contribution in [3.05, 3.63) is 72.8 Å². The average molecular weight is 471 g/mol. The Hall–Kier alpha value is -2.46. The quantitative estimate of drug-likeness (QED) is 0.366. The van der Waals surface area contributed by atoms with Gasteiger partial charge in [-0.1, -0.05) is 60.3 Å². The van der Waals surface area contributed by atoms with Gasteiger partial charge in [0.2, 0.25) is 10.0 Å². The molecule has 0 amide bonds. The lowest BCUT2D eigenvalue weighted by Gasteiger charge is -2.26. The number of allylic oxidation sites excluding steroid dienone is 1. The number of sulfonamides is 1. The Bertz CT molecular complexity index is 1170. The zero-order chi connectivity index (χ0) is 22.6. The molecule has 2 heterocycles.